The number of halogens is 1. The Morgan fingerprint density at radius 1 is 0.974 bits per heavy atom. The molecule has 1 N–H and O–H groups in total. The van der Waals surface area contributed by atoms with Gasteiger partial charge in [-0.3, -0.25) is 14.7 Å². The summed E-state index contributed by atoms with van der Waals surface area (Å²) >= 11 is 0. The van der Waals surface area contributed by atoms with Gasteiger partial charge in [0.15, 0.2) is 17.3 Å². The lowest BCUT2D eigenvalue weighted by Gasteiger charge is -2.22. The van der Waals surface area contributed by atoms with E-state index in [0.717, 1.165) is 16.5 Å². The van der Waals surface area contributed by atoms with E-state index in [-0.39, 0.29) is 11.4 Å². The van der Waals surface area contributed by atoms with Gasteiger partial charge in [0.25, 0.3) is 5.56 Å². The zero-order valence-corrected chi connectivity index (χ0v) is 21.0. The fourth-order valence-electron chi connectivity index (χ4n) is 4.28. The predicted octanol–water partition coefficient (Wildman–Crippen LogP) is 3.32. The van der Waals surface area contributed by atoms with Crippen molar-refractivity contribution < 1.29 is 13.9 Å². The first kappa shape index (κ1) is 25.0. The van der Waals surface area contributed by atoms with Gasteiger partial charge in [0.2, 0.25) is 0 Å². The highest BCUT2D eigenvalue weighted by Crippen LogP contribution is 2.31. The maximum Gasteiger partial charge on any atom is 0.252 e. The molecule has 38 heavy (non-hydrogen) atoms. The van der Waals surface area contributed by atoms with E-state index in [9.17, 15) is 9.18 Å². The van der Waals surface area contributed by atoms with Gasteiger partial charge >= 0.3 is 0 Å². The lowest BCUT2D eigenvalue weighted by atomic mass is 10.1. The molecular formula is C27H26FN7O3. The Balaban J connectivity index is 1.45. The standard InChI is InChI=1S/C27H26FN7O3/c1-37-24-11-20-10-21(27(36)30-23(20)12-25(24)38-2)16-34(14-19-4-3-9-29-13-19)17-26-31-32-33-35(26)15-18-5-7-22(28)8-6-18/h3-13H,14-17H2,1-2H3,(H,30,36). The van der Waals surface area contributed by atoms with Crippen molar-refractivity contribution in [3.63, 3.8) is 0 Å². The zero-order chi connectivity index (χ0) is 26.5. The molecule has 3 aromatic heterocycles. The van der Waals surface area contributed by atoms with Crippen molar-refractivity contribution in [2.24, 2.45) is 0 Å². The number of ether oxygens (including phenoxy) is 2. The minimum atomic E-state index is -0.301. The number of rotatable bonds is 10. The molecule has 2 aromatic carbocycles. The average molecular weight is 516 g/mol. The maximum atomic E-state index is 13.3. The van der Waals surface area contributed by atoms with Crippen LogP contribution >= 0.6 is 0 Å². The van der Waals surface area contributed by atoms with Crippen LogP contribution in [0.25, 0.3) is 10.9 Å². The first-order valence-corrected chi connectivity index (χ1v) is 11.9. The Kier molecular flexibility index (Phi) is 7.36. The molecule has 194 valence electrons. The number of nitrogens with zero attached hydrogens (tertiary/aromatic N) is 6. The first-order valence-electron chi connectivity index (χ1n) is 11.9. The molecule has 0 bridgehead atoms. The molecule has 5 aromatic rings. The second kappa shape index (κ2) is 11.2. The predicted molar refractivity (Wildman–Crippen MR) is 138 cm³/mol. The molecule has 0 saturated heterocycles. The molecule has 0 radical (unpaired) electrons. The van der Waals surface area contributed by atoms with E-state index in [1.54, 1.807) is 49.5 Å². The van der Waals surface area contributed by atoms with Gasteiger partial charge in [-0.25, -0.2) is 9.07 Å². The summed E-state index contributed by atoms with van der Waals surface area (Å²) in [6, 6.07) is 15.5. The van der Waals surface area contributed by atoms with E-state index in [0.29, 0.717) is 54.6 Å². The SMILES string of the molecule is COc1cc2cc(CN(Cc3cccnc3)Cc3nnnn3Cc3ccc(F)cc3)c(=O)[nH]c2cc1OC. The number of methoxy groups -OCH3 is 2. The number of pyridine rings is 2. The molecule has 0 spiro atoms. The number of aromatic amines is 1. The number of hydrogen-bond acceptors (Lipinski definition) is 8. The van der Waals surface area contributed by atoms with Crippen molar-refractivity contribution in [3.8, 4) is 11.5 Å². The third kappa shape index (κ3) is 5.68. The van der Waals surface area contributed by atoms with Gasteiger partial charge in [-0.05, 0) is 51.9 Å². The van der Waals surface area contributed by atoms with E-state index in [1.165, 1.54) is 12.1 Å². The van der Waals surface area contributed by atoms with Crippen LogP contribution in [0.15, 0.2) is 71.8 Å². The third-order valence-corrected chi connectivity index (χ3v) is 6.16. The van der Waals surface area contributed by atoms with Crippen molar-refractivity contribution in [1.82, 2.24) is 35.1 Å². The molecule has 11 heteroatoms. The maximum absolute atomic E-state index is 13.3. The van der Waals surface area contributed by atoms with Crippen molar-refractivity contribution in [2.45, 2.75) is 26.2 Å². The van der Waals surface area contributed by atoms with Crippen LogP contribution in [0, 0.1) is 5.82 Å². The number of hydrogen-bond donors (Lipinski definition) is 1. The van der Waals surface area contributed by atoms with Crippen LogP contribution < -0.4 is 15.0 Å². The van der Waals surface area contributed by atoms with Crippen LogP contribution in [0.4, 0.5) is 4.39 Å². The van der Waals surface area contributed by atoms with E-state index in [2.05, 4.69) is 30.4 Å². The molecule has 0 atom stereocenters. The summed E-state index contributed by atoms with van der Waals surface area (Å²) in [6.45, 7) is 1.60. The summed E-state index contributed by atoms with van der Waals surface area (Å²) < 4.78 is 25.8. The summed E-state index contributed by atoms with van der Waals surface area (Å²) in [4.78, 5) is 22.3. The normalized spacial score (nSPS) is 11.3. The summed E-state index contributed by atoms with van der Waals surface area (Å²) in [7, 11) is 3.12. The van der Waals surface area contributed by atoms with Crippen LogP contribution in [-0.4, -0.2) is 49.3 Å². The molecule has 0 saturated carbocycles. The molecule has 0 aliphatic heterocycles. The number of aromatic nitrogens is 6. The Hall–Kier alpha value is -4.64. The Morgan fingerprint density at radius 2 is 1.76 bits per heavy atom. The zero-order valence-electron chi connectivity index (χ0n) is 21.0. The number of tetrazole rings is 1. The lowest BCUT2D eigenvalue weighted by molar-refractivity contribution is 0.235. The summed E-state index contributed by atoms with van der Waals surface area (Å²) in [5, 5.41) is 13.0. The Bertz CT molecular complexity index is 1590. The number of fused-ring (bicyclic) bond motifs is 1. The van der Waals surface area contributed by atoms with E-state index in [4.69, 9.17) is 9.47 Å². The highest BCUT2D eigenvalue weighted by molar-refractivity contribution is 5.83. The Morgan fingerprint density at radius 3 is 2.50 bits per heavy atom. The highest BCUT2D eigenvalue weighted by Gasteiger charge is 2.17. The molecule has 0 fully saturated rings. The third-order valence-electron chi connectivity index (χ3n) is 6.16. The Labute approximate surface area is 217 Å². The average Bonchev–Trinajstić information content (AvgIpc) is 3.36. The first-order chi connectivity index (χ1) is 18.5. The van der Waals surface area contributed by atoms with Crippen molar-refractivity contribution in [3.05, 3.63) is 106 Å². The molecule has 5 rings (SSSR count). The van der Waals surface area contributed by atoms with Crippen LogP contribution in [-0.2, 0) is 26.2 Å². The summed E-state index contributed by atoms with van der Waals surface area (Å²) in [5.41, 5.74) is 2.87. The topological polar surface area (TPSA) is 111 Å². The van der Waals surface area contributed by atoms with Crippen LogP contribution in [0.3, 0.4) is 0 Å². The van der Waals surface area contributed by atoms with Gasteiger partial charge in [0.05, 0.1) is 32.8 Å². The fraction of sp³-hybridized carbons (Fsp3) is 0.222. The van der Waals surface area contributed by atoms with E-state index < -0.39 is 0 Å². The van der Waals surface area contributed by atoms with Gasteiger partial charge in [-0.15, -0.1) is 5.10 Å². The van der Waals surface area contributed by atoms with Gasteiger partial charge in [0, 0.05) is 42.5 Å². The monoisotopic (exact) mass is 515 g/mol. The number of H-pyrrole nitrogens is 1. The number of benzene rings is 2. The van der Waals surface area contributed by atoms with Crippen molar-refractivity contribution >= 4 is 10.9 Å². The van der Waals surface area contributed by atoms with Gasteiger partial charge in [-0.1, -0.05) is 18.2 Å². The largest absolute Gasteiger partial charge is 0.493 e. The quantitative estimate of drug-likeness (QED) is 0.302. The second-order valence-electron chi connectivity index (χ2n) is 8.80. The molecule has 0 unspecified atom stereocenters. The molecule has 3 heterocycles. The summed E-state index contributed by atoms with van der Waals surface area (Å²) in [5.74, 6) is 1.42. The van der Waals surface area contributed by atoms with Gasteiger partial charge in [-0.2, -0.15) is 0 Å². The number of nitrogens with one attached hydrogen (secondary N) is 1. The summed E-state index contributed by atoms with van der Waals surface area (Å²) in [6.07, 6.45) is 3.50. The molecule has 0 amide bonds. The molecular weight excluding hydrogens is 489 g/mol. The van der Waals surface area contributed by atoms with E-state index in [1.807, 2.05) is 24.3 Å². The van der Waals surface area contributed by atoms with Crippen molar-refractivity contribution in [1.29, 1.82) is 0 Å². The molecule has 0 aliphatic rings. The fourth-order valence-corrected chi connectivity index (χ4v) is 4.28. The minimum Gasteiger partial charge on any atom is -0.493 e. The van der Waals surface area contributed by atoms with Gasteiger partial charge in [0.1, 0.15) is 5.82 Å². The molecule has 10 nitrogen and oxygen atoms in total. The van der Waals surface area contributed by atoms with Gasteiger partial charge < -0.3 is 14.5 Å². The highest BCUT2D eigenvalue weighted by atomic mass is 19.1. The van der Waals surface area contributed by atoms with E-state index >= 15 is 0 Å². The van der Waals surface area contributed by atoms with Crippen LogP contribution in [0.2, 0.25) is 0 Å². The molecule has 0 aliphatic carbocycles. The van der Waals surface area contributed by atoms with Crippen LogP contribution in [0.1, 0.15) is 22.5 Å². The second-order valence-corrected chi connectivity index (χ2v) is 8.80. The van der Waals surface area contributed by atoms with Crippen LogP contribution in [0.5, 0.6) is 11.5 Å². The minimum absolute atomic E-state index is 0.202. The smallest absolute Gasteiger partial charge is 0.252 e. The lowest BCUT2D eigenvalue weighted by Crippen LogP contribution is -2.28. The van der Waals surface area contributed by atoms with Crippen molar-refractivity contribution in [2.75, 3.05) is 14.2 Å².